The summed E-state index contributed by atoms with van der Waals surface area (Å²) in [6, 6.07) is 2.41. The van der Waals surface area contributed by atoms with Crippen LogP contribution in [0.4, 0.5) is 4.39 Å². The van der Waals surface area contributed by atoms with Crippen LogP contribution in [0.15, 0.2) is 54.1 Å². The summed E-state index contributed by atoms with van der Waals surface area (Å²) in [5.41, 5.74) is 10.1. The van der Waals surface area contributed by atoms with Gasteiger partial charge in [0.2, 0.25) is 5.91 Å². The van der Waals surface area contributed by atoms with Crippen molar-refractivity contribution in [2.75, 3.05) is 60.7 Å². The van der Waals surface area contributed by atoms with Gasteiger partial charge in [0, 0.05) is 48.7 Å². The van der Waals surface area contributed by atoms with Crippen LogP contribution in [0.2, 0.25) is 3.98 Å². The number of benzene rings is 1. The molecule has 5 amide bonds. The maximum atomic E-state index is 15.3. The number of methoxy groups -OCH3 is 1. The van der Waals surface area contributed by atoms with Crippen molar-refractivity contribution in [2.24, 2.45) is 5.73 Å². The number of hydrogen-bond acceptors (Lipinski definition) is 15. The number of aryl methyl sites for hydroxylation is 1. The maximum absolute atomic E-state index is 15.3. The molecule has 3 radical (unpaired) electrons. The molecule has 77 heavy (non-hydrogen) atoms. The summed E-state index contributed by atoms with van der Waals surface area (Å²) in [6.45, 7) is 13.9. The zero-order valence-corrected chi connectivity index (χ0v) is 49.3. The summed E-state index contributed by atoms with van der Waals surface area (Å²) in [5, 5.41) is 17.1. The minimum atomic E-state index is -0.611. The first-order valence-electron chi connectivity index (χ1n) is 25.4. The molecule has 3 heterocycles. The van der Waals surface area contributed by atoms with Gasteiger partial charge in [-0.3, -0.25) is 14.4 Å². The topological polar surface area (TPSA) is 291 Å². The van der Waals surface area contributed by atoms with Crippen molar-refractivity contribution in [3.8, 4) is 11.4 Å². The van der Waals surface area contributed by atoms with Gasteiger partial charge in [0.05, 0.1) is 36.6 Å². The van der Waals surface area contributed by atoms with E-state index in [9.17, 15) is 43.2 Å². The molecule has 1 saturated carbocycles. The molecule has 3 aliphatic rings. The fourth-order valence-corrected chi connectivity index (χ4v) is 8.93. The number of aromatic nitrogens is 2. The van der Waals surface area contributed by atoms with Crippen molar-refractivity contribution in [1.82, 2.24) is 46.4 Å². The predicted molar refractivity (Wildman–Crippen MR) is 293 cm³/mol. The number of likely N-dealkylation sites (N-methyl/N-ethyl adjacent to an activating group) is 2. The zero-order valence-electron chi connectivity index (χ0n) is 45.4. The van der Waals surface area contributed by atoms with E-state index in [0.717, 1.165) is 77.5 Å². The quantitative estimate of drug-likeness (QED) is 0.0165. The standard InChI is InChI=1S/C44H52FN8O10.C3H7NO.C3H6.C2H5N.C2H6.Pb/c1-7-27(20-55)29-14-35-43-30(18-53(35)44(61)31(29)21-62-6)42-33(11-10-28-26(4)32(45)15-34(51-43)41(28)42)50-39(59)22-63-23-48-24(2)13-25(3)49-37(57)17-46-36(56)16-47-38(58)19-52(5)40(60)9-8-12-54;1-4-2-3-5;1-2-3-1;1-2-3;1-2;/h8-9,12,14-15,20,25,27,33,48H,2-3,7,10-11,13,16-19,21-23H2,1,4-6H3,(H,46,56)(H,47,58)(H,49,57)(H,50,59);3-4H,2H2,1H3;1-3H2;2H,1,3H2;1-2H3;/b9-8-;;;;;. The first-order valence-corrected chi connectivity index (χ1v) is 28.1. The molecular weight excluding hydrogens is 1190 g/mol. The summed E-state index contributed by atoms with van der Waals surface area (Å²) in [5.74, 6) is -3.55. The number of nitrogens with zero attached hydrogens (tertiary/aromatic N) is 3. The first kappa shape index (κ1) is 66.6. The minimum absolute atomic E-state index is 0.0214. The third kappa shape index (κ3) is 20.8. The molecule has 1 fully saturated rings. The van der Waals surface area contributed by atoms with E-state index in [4.69, 9.17) is 14.5 Å². The van der Waals surface area contributed by atoms with Crippen LogP contribution in [0.3, 0.4) is 0 Å². The Kier molecular flexibility index (Phi) is 30.9. The number of aldehydes is 3. The molecule has 0 spiro atoms. The third-order valence-electron chi connectivity index (χ3n) is 11.8. The van der Waals surface area contributed by atoms with Crippen molar-refractivity contribution >= 4 is 85.1 Å². The van der Waals surface area contributed by atoms with E-state index in [1.165, 1.54) is 45.7 Å². The van der Waals surface area contributed by atoms with Crippen molar-refractivity contribution < 1.29 is 52.2 Å². The van der Waals surface area contributed by atoms with Crippen molar-refractivity contribution in [2.45, 2.75) is 108 Å². The number of nitrogens with two attached hydrogens (primary N) is 1. The van der Waals surface area contributed by atoms with Gasteiger partial charge in [0.15, 0.2) is 0 Å². The van der Waals surface area contributed by atoms with Crippen molar-refractivity contribution in [1.29, 1.82) is 0 Å². The summed E-state index contributed by atoms with van der Waals surface area (Å²) in [7, 11) is 4.58. The zero-order chi connectivity index (χ0) is 57.6. The van der Waals surface area contributed by atoms with Gasteiger partial charge in [-0.15, -0.1) is 0 Å². The molecule has 8 N–H and O–H groups in total. The van der Waals surface area contributed by atoms with Gasteiger partial charge < -0.3 is 29.9 Å². The Morgan fingerprint density at radius 2 is 1.69 bits per heavy atom. The Bertz CT molecular complexity index is 2640. The minimum Gasteiger partial charge on any atom is -0.405 e. The normalized spacial score (nSPS) is 13.7. The van der Waals surface area contributed by atoms with Gasteiger partial charge in [0.1, 0.15) is 24.7 Å². The number of nitrogens with one attached hydrogen (secondary N) is 6. The third-order valence-corrected chi connectivity index (χ3v) is 13.7. The number of carbonyl (C=O) groups is 8. The van der Waals surface area contributed by atoms with Crippen LogP contribution in [0.25, 0.3) is 22.3 Å². The van der Waals surface area contributed by atoms with E-state index < -0.39 is 53.9 Å². The van der Waals surface area contributed by atoms with Crippen LogP contribution in [0, 0.1) is 12.7 Å². The van der Waals surface area contributed by atoms with E-state index >= 15 is 4.39 Å². The number of rotatable bonds is 25. The molecule has 0 saturated heterocycles. The summed E-state index contributed by atoms with van der Waals surface area (Å²) >= 11 is 0.751. The Balaban J connectivity index is 0.00000140. The van der Waals surface area contributed by atoms with Gasteiger partial charge in [-0.2, -0.15) is 0 Å². The van der Waals surface area contributed by atoms with Crippen LogP contribution < -0.4 is 43.2 Å². The number of halogens is 1. The van der Waals surface area contributed by atoms with Crippen LogP contribution >= 0.6 is 0 Å². The summed E-state index contributed by atoms with van der Waals surface area (Å²) in [4.78, 5) is 114. The molecule has 0 bridgehead atoms. The van der Waals surface area contributed by atoms with Crippen LogP contribution in [0.5, 0.6) is 0 Å². The van der Waals surface area contributed by atoms with Crippen LogP contribution in [-0.2, 0) is 67.4 Å². The molecular formula is C54H76FN10O11Pb. The number of amides is 5. The average molecular weight is 1270 g/mol. The molecule has 2 aromatic heterocycles. The second-order valence-corrected chi connectivity index (χ2v) is 19.1. The monoisotopic (exact) mass is 1270 g/mol. The Hall–Kier alpha value is -6.51. The molecule has 419 valence electrons. The molecule has 3 aromatic rings. The first-order chi connectivity index (χ1) is 37.0. The molecule has 3 atom stereocenters. The van der Waals surface area contributed by atoms with Gasteiger partial charge in [0.25, 0.3) is 5.56 Å². The number of hydrogen-bond donors (Lipinski definition) is 7. The number of pyridine rings is 2. The van der Waals surface area contributed by atoms with Gasteiger partial charge in [-0.1, -0.05) is 46.6 Å². The van der Waals surface area contributed by atoms with E-state index in [0.29, 0.717) is 81.8 Å². The molecule has 6 rings (SSSR count). The summed E-state index contributed by atoms with van der Waals surface area (Å²) < 4.78 is 28.6. The van der Waals surface area contributed by atoms with Crippen molar-refractivity contribution in [3.05, 3.63) is 98.9 Å². The van der Waals surface area contributed by atoms with E-state index in [1.54, 1.807) is 18.5 Å². The van der Waals surface area contributed by atoms with Gasteiger partial charge in [-0.25, -0.2) is 9.37 Å². The van der Waals surface area contributed by atoms with E-state index in [1.807, 2.05) is 26.8 Å². The van der Waals surface area contributed by atoms with E-state index in [-0.39, 0.29) is 51.2 Å². The second-order valence-electron chi connectivity index (χ2n) is 17.5. The molecule has 21 nitrogen and oxygen atoms in total. The second kappa shape index (κ2) is 35.8. The smallest absolute Gasteiger partial charge is 0.405 e. The van der Waals surface area contributed by atoms with Gasteiger partial charge in [-0.05, 0) is 61.8 Å². The predicted octanol–water partition coefficient (Wildman–Crippen LogP) is 2.49. The Labute approximate surface area is 465 Å². The Morgan fingerprint density at radius 1 is 1.03 bits per heavy atom. The fourth-order valence-electron chi connectivity index (χ4n) is 7.97. The van der Waals surface area contributed by atoms with Crippen molar-refractivity contribution in [3.63, 3.8) is 0 Å². The SMILES string of the molecule is C1CC1.C=C(CC([CH2][Pb])NC(=O)CNC(=O)CNC(=O)CN(C)C(=O)/C=C\C=O)NCOCC(=O)NC1CCc2c(C)c(F)cc3nc4c(c1c23)Cn1c-4cc(C(C=O)CC)c(COC)c1=O.C=CN.CC.CNCC=O. The number of allylic oxidation sites excluding steroid dienone is 1. The molecule has 23 heteroatoms. The number of fused-ring (bicyclic) bond motifs is 4. The molecule has 1 aliphatic heterocycles. The average Bonchev–Trinajstić information content (AvgIpc) is 4.28. The number of ether oxygens (including phenoxy) is 2. The van der Waals surface area contributed by atoms with E-state index in [2.05, 4.69) is 50.8 Å². The fraction of sp³-hybridized carbons (Fsp3) is 0.481. The Morgan fingerprint density at radius 3 is 2.26 bits per heavy atom. The number of carbonyl (C=O) groups excluding carboxylic acids is 8. The molecule has 1 aromatic carbocycles. The molecule has 3 unspecified atom stereocenters. The van der Waals surface area contributed by atoms with Gasteiger partial charge >= 0.3 is 185 Å². The van der Waals surface area contributed by atoms with Crippen LogP contribution in [-0.4, -0.2) is 155 Å². The van der Waals surface area contributed by atoms with Crippen LogP contribution in [0.1, 0.15) is 105 Å². The molecule has 2 aliphatic carbocycles. The summed E-state index contributed by atoms with van der Waals surface area (Å²) in [6.07, 6.45) is 11.6.